The molecule has 1 N–H and O–H groups in total. The van der Waals surface area contributed by atoms with E-state index in [1.165, 1.54) is 0 Å². The highest BCUT2D eigenvalue weighted by Gasteiger charge is 2.37. The molecule has 1 aliphatic rings. The fraction of sp³-hybridized carbons (Fsp3) is 0.538. The third kappa shape index (κ3) is 4.26. The minimum Gasteiger partial charge on any atom is -0.492 e. The van der Waals surface area contributed by atoms with Crippen LogP contribution in [0.4, 0.5) is 26.3 Å². The standard InChI is InChI=1S/C13H13F6NO/c14-12(15,16)8-4-9(13(17,18)19)6-11(5-8)21-7-10-2-1-3-20-10/h4-6,10,20H,1-3,7H2/t10-/m0/s1. The van der Waals surface area contributed by atoms with Gasteiger partial charge in [-0.15, -0.1) is 0 Å². The van der Waals surface area contributed by atoms with E-state index in [2.05, 4.69) is 5.32 Å². The zero-order valence-corrected chi connectivity index (χ0v) is 10.8. The first kappa shape index (κ1) is 15.9. The number of benzene rings is 1. The van der Waals surface area contributed by atoms with Crippen LogP contribution in [-0.4, -0.2) is 19.2 Å². The average Bonchev–Trinajstić information content (AvgIpc) is 2.87. The topological polar surface area (TPSA) is 21.3 Å². The van der Waals surface area contributed by atoms with Crippen molar-refractivity contribution in [1.29, 1.82) is 0 Å². The Morgan fingerprint density at radius 3 is 2.00 bits per heavy atom. The average molecular weight is 313 g/mol. The van der Waals surface area contributed by atoms with E-state index >= 15 is 0 Å². The minimum atomic E-state index is -4.86. The van der Waals surface area contributed by atoms with Crippen LogP contribution in [0.3, 0.4) is 0 Å². The predicted molar refractivity (Wildman–Crippen MR) is 63.0 cm³/mol. The maximum absolute atomic E-state index is 12.6. The van der Waals surface area contributed by atoms with Crippen molar-refractivity contribution < 1.29 is 31.1 Å². The second kappa shape index (κ2) is 5.75. The van der Waals surface area contributed by atoms with E-state index in [-0.39, 0.29) is 18.7 Å². The third-order valence-corrected chi connectivity index (χ3v) is 3.17. The second-order valence-electron chi connectivity index (χ2n) is 4.85. The Bertz CT molecular complexity index is 458. The summed E-state index contributed by atoms with van der Waals surface area (Å²) in [5.74, 6) is -0.425. The van der Waals surface area contributed by atoms with Gasteiger partial charge in [0, 0.05) is 6.04 Å². The number of nitrogens with one attached hydrogen (secondary N) is 1. The Hall–Kier alpha value is -1.44. The zero-order valence-electron chi connectivity index (χ0n) is 10.8. The molecular weight excluding hydrogens is 300 g/mol. The number of hydrogen-bond acceptors (Lipinski definition) is 2. The summed E-state index contributed by atoms with van der Waals surface area (Å²) in [4.78, 5) is 0. The van der Waals surface area contributed by atoms with Crippen LogP contribution in [0.2, 0.25) is 0 Å². The number of alkyl halides is 6. The van der Waals surface area contributed by atoms with E-state index in [1.54, 1.807) is 0 Å². The van der Waals surface area contributed by atoms with Crippen molar-refractivity contribution in [3.8, 4) is 5.75 Å². The van der Waals surface area contributed by atoms with Gasteiger partial charge >= 0.3 is 12.4 Å². The van der Waals surface area contributed by atoms with E-state index in [4.69, 9.17) is 4.74 Å². The molecule has 0 unspecified atom stereocenters. The molecule has 0 aromatic heterocycles. The Morgan fingerprint density at radius 2 is 1.57 bits per heavy atom. The van der Waals surface area contributed by atoms with Crippen molar-refractivity contribution in [2.45, 2.75) is 31.2 Å². The van der Waals surface area contributed by atoms with E-state index < -0.39 is 29.2 Å². The number of ether oxygens (including phenoxy) is 1. The van der Waals surface area contributed by atoms with Gasteiger partial charge < -0.3 is 10.1 Å². The summed E-state index contributed by atoms with van der Waals surface area (Å²) in [6.45, 7) is 0.809. The van der Waals surface area contributed by atoms with Gasteiger partial charge in [-0.1, -0.05) is 0 Å². The molecule has 0 amide bonds. The summed E-state index contributed by atoms with van der Waals surface area (Å²) in [6, 6.07) is 1.21. The summed E-state index contributed by atoms with van der Waals surface area (Å²) in [6.07, 6.45) is -8.02. The maximum atomic E-state index is 12.6. The van der Waals surface area contributed by atoms with Gasteiger partial charge in [-0.3, -0.25) is 0 Å². The molecule has 1 aliphatic heterocycles. The fourth-order valence-corrected chi connectivity index (χ4v) is 2.11. The third-order valence-electron chi connectivity index (χ3n) is 3.17. The first-order chi connectivity index (χ1) is 9.66. The van der Waals surface area contributed by atoms with Gasteiger partial charge in [0.2, 0.25) is 0 Å². The summed E-state index contributed by atoms with van der Waals surface area (Å²) in [5, 5.41) is 3.05. The van der Waals surface area contributed by atoms with Gasteiger partial charge in [-0.2, -0.15) is 26.3 Å². The maximum Gasteiger partial charge on any atom is 0.416 e. The summed E-state index contributed by atoms with van der Waals surface area (Å²) >= 11 is 0. The number of hydrogen-bond donors (Lipinski definition) is 1. The van der Waals surface area contributed by atoms with Crippen LogP contribution in [0.15, 0.2) is 18.2 Å². The van der Waals surface area contributed by atoms with Crippen LogP contribution < -0.4 is 10.1 Å². The van der Waals surface area contributed by atoms with Crippen molar-refractivity contribution in [1.82, 2.24) is 5.32 Å². The zero-order chi connectivity index (χ0) is 15.7. The van der Waals surface area contributed by atoms with Crippen molar-refractivity contribution in [3.63, 3.8) is 0 Å². The molecular formula is C13H13F6NO. The smallest absolute Gasteiger partial charge is 0.416 e. The number of halogens is 6. The highest BCUT2D eigenvalue weighted by atomic mass is 19.4. The SMILES string of the molecule is FC(F)(F)c1cc(OC[C@@H]2CCCN2)cc(C(F)(F)F)c1. The fourth-order valence-electron chi connectivity index (χ4n) is 2.11. The summed E-state index contributed by atoms with van der Waals surface area (Å²) in [5.41, 5.74) is -2.74. The lowest BCUT2D eigenvalue weighted by atomic mass is 10.1. The van der Waals surface area contributed by atoms with Crippen LogP contribution in [0.5, 0.6) is 5.75 Å². The van der Waals surface area contributed by atoms with Gasteiger partial charge in [0.05, 0.1) is 11.1 Å². The Kier molecular flexibility index (Phi) is 4.36. The van der Waals surface area contributed by atoms with Crippen molar-refractivity contribution in [3.05, 3.63) is 29.3 Å². The molecule has 1 heterocycles. The van der Waals surface area contributed by atoms with Crippen LogP contribution in [-0.2, 0) is 12.4 Å². The summed E-state index contributed by atoms with van der Waals surface area (Å²) < 4.78 is 81.0. The van der Waals surface area contributed by atoms with Crippen LogP contribution >= 0.6 is 0 Å². The Morgan fingerprint density at radius 1 is 1.00 bits per heavy atom. The van der Waals surface area contributed by atoms with Gasteiger partial charge in [-0.05, 0) is 37.6 Å². The molecule has 0 aliphatic carbocycles. The van der Waals surface area contributed by atoms with E-state index in [0.29, 0.717) is 12.1 Å². The predicted octanol–water partition coefficient (Wildman–Crippen LogP) is 3.86. The Balaban J connectivity index is 2.22. The van der Waals surface area contributed by atoms with Gasteiger partial charge in [0.15, 0.2) is 0 Å². The van der Waals surface area contributed by atoms with Crippen LogP contribution in [0.25, 0.3) is 0 Å². The van der Waals surface area contributed by atoms with Crippen LogP contribution in [0, 0.1) is 0 Å². The molecule has 2 rings (SSSR count). The molecule has 1 atom stereocenters. The minimum absolute atomic E-state index is 0.0403. The lowest BCUT2D eigenvalue weighted by Gasteiger charge is -2.16. The van der Waals surface area contributed by atoms with Crippen molar-refractivity contribution >= 4 is 0 Å². The highest BCUT2D eigenvalue weighted by molar-refractivity contribution is 5.37. The lowest BCUT2D eigenvalue weighted by molar-refractivity contribution is -0.143. The molecule has 0 saturated carbocycles. The molecule has 0 radical (unpaired) electrons. The van der Waals surface area contributed by atoms with Crippen LogP contribution in [0.1, 0.15) is 24.0 Å². The quantitative estimate of drug-likeness (QED) is 0.856. The van der Waals surface area contributed by atoms with Gasteiger partial charge in [0.1, 0.15) is 12.4 Å². The first-order valence-electron chi connectivity index (χ1n) is 6.32. The van der Waals surface area contributed by atoms with Crippen molar-refractivity contribution in [2.24, 2.45) is 0 Å². The largest absolute Gasteiger partial charge is 0.492 e. The van der Waals surface area contributed by atoms with E-state index in [0.717, 1.165) is 19.4 Å². The normalized spacial score (nSPS) is 19.8. The van der Waals surface area contributed by atoms with Gasteiger partial charge in [0.25, 0.3) is 0 Å². The molecule has 0 bridgehead atoms. The van der Waals surface area contributed by atoms with Crippen molar-refractivity contribution in [2.75, 3.05) is 13.2 Å². The highest BCUT2D eigenvalue weighted by Crippen LogP contribution is 2.38. The van der Waals surface area contributed by atoms with E-state index in [9.17, 15) is 26.3 Å². The first-order valence-corrected chi connectivity index (χ1v) is 6.32. The summed E-state index contributed by atoms with van der Waals surface area (Å²) in [7, 11) is 0. The molecule has 21 heavy (non-hydrogen) atoms. The molecule has 1 aromatic carbocycles. The lowest BCUT2D eigenvalue weighted by Crippen LogP contribution is -2.28. The molecule has 1 fully saturated rings. The van der Waals surface area contributed by atoms with E-state index in [1.807, 2.05) is 0 Å². The Labute approximate surface area is 117 Å². The molecule has 1 aromatic rings. The van der Waals surface area contributed by atoms with Gasteiger partial charge in [-0.25, -0.2) is 0 Å². The molecule has 118 valence electrons. The molecule has 8 heteroatoms. The second-order valence-corrected chi connectivity index (χ2v) is 4.85. The molecule has 1 saturated heterocycles. The molecule has 0 spiro atoms. The molecule has 2 nitrogen and oxygen atoms in total. The number of rotatable bonds is 3. The monoisotopic (exact) mass is 313 g/mol.